The molecule has 0 aliphatic heterocycles. The van der Waals surface area contributed by atoms with Gasteiger partial charge < -0.3 is 15.4 Å². The summed E-state index contributed by atoms with van der Waals surface area (Å²) in [5.74, 6) is -1.94. The van der Waals surface area contributed by atoms with Crippen molar-refractivity contribution < 1.29 is 14.7 Å². The van der Waals surface area contributed by atoms with Crippen LogP contribution in [0.2, 0.25) is 0 Å². The second-order valence-electron chi connectivity index (χ2n) is 6.42. The zero-order valence-corrected chi connectivity index (χ0v) is 15.1. The zero-order valence-electron chi connectivity index (χ0n) is 15.1. The number of hydrogen-bond acceptors (Lipinski definition) is 4. The van der Waals surface area contributed by atoms with Gasteiger partial charge in [0.25, 0.3) is 5.56 Å². The van der Waals surface area contributed by atoms with Crippen LogP contribution < -0.4 is 16.6 Å². The minimum atomic E-state index is -1.22. The first-order valence-electron chi connectivity index (χ1n) is 8.69. The normalized spacial score (nSPS) is 13.0. The molecule has 0 unspecified atom stereocenters. The van der Waals surface area contributed by atoms with E-state index in [9.17, 15) is 19.2 Å². The Labute approximate surface area is 159 Å². The van der Waals surface area contributed by atoms with Gasteiger partial charge in [0.1, 0.15) is 12.1 Å². The number of aromatic amines is 1. The maximum absolute atomic E-state index is 13.0. The molecule has 0 saturated heterocycles. The fourth-order valence-corrected chi connectivity index (χ4v) is 2.97. The number of carbonyl (C=O) groups is 2. The van der Waals surface area contributed by atoms with Gasteiger partial charge in [0.2, 0.25) is 5.91 Å². The molecule has 2 atom stereocenters. The standard InChI is InChI=1S/C20H19N3O5/c1-12(19(26)27)21-17(24)16(11-13-7-3-2-4-8-13)23-18(25)14-9-5-6-10-15(14)22-20(23)28/h2-10,12,16H,11H2,1H3,(H,21,24)(H,22,28)(H,26,27)/t12-,16-/m0/s1. The van der Waals surface area contributed by atoms with Crippen LogP contribution in [-0.2, 0) is 16.0 Å². The second-order valence-corrected chi connectivity index (χ2v) is 6.42. The van der Waals surface area contributed by atoms with E-state index in [1.54, 1.807) is 54.6 Å². The first kappa shape index (κ1) is 19.1. The molecule has 0 fully saturated rings. The lowest BCUT2D eigenvalue weighted by molar-refractivity contribution is -0.141. The summed E-state index contributed by atoms with van der Waals surface area (Å²) >= 11 is 0. The molecule has 144 valence electrons. The minimum absolute atomic E-state index is 0.0559. The maximum atomic E-state index is 13.0. The van der Waals surface area contributed by atoms with E-state index < -0.39 is 35.2 Å². The van der Waals surface area contributed by atoms with Crippen LogP contribution >= 0.6 is 0 Å². The number of nitrogens with one attached hydrogen (secondary N) is 2. The van der Waals surface area contributed by atoms with Gasteiger partial charge in [-0.3, -0.25) is 14.4 Å². The Morgan fingerprint density at radius 3 is 2.39 bits per heavy atom. The highest BCUT2D eigenvalue weighted by Gasteiger charge is 2.27. The first-order valence-corrected chi connectivity index (χ1v) is 8.69. The molecule has 8 heteroatoms. The first-order chi connectivity index (χ1) is 13.4. The van der Waals surface area contributed by atoms with Crippen molar-refractivity contribution in [2.45, 2.75) is 25.4 Å². The molecule has 8 nitrogen and oxygen atoms in total. The number of rotatable bonds is 6. The number of hydrogen-bond donors (Lipinski definition) is 3. The van der Waals surface area contributed by atoms with Gasteiger partial charge in [0, 0.05) is 6.42 Å². The fourth-order valence-electron chi connectivity index (χ4n) is 2.97. The Balaban J connectivity index is 2.12. The van der Waals surface area contributed by atoms with Crippen molar-refractivity contribution in [1.82, 2.24) is 14.9 Å². The predicted molar refractivity (Wildman–Crippen MR) is 103 cm³/mol. The average Bonchev–Trinajstić information content (AvgIpc) is 2.67. The third-order valence-corrected chi connectivity index (χ3v) is 4.45. The largest absolute Gasteiger partial charge is 0.480 e. The topological polar surface area (TPSA) is 121 Å². The summed E-state index contributed by atoms with van der Waals surface area (Å²) in [4.78, 5) is 52.1. The number of H-pyrrole nitrogens is 1. The Kier molecular flexibility index (Phi) is 5.39. The lowest BCUT2D eigenvalue weighted by Gasteiger charge is -2.20. The van der Waals surface area contributed by atoms with E-state index in [1.807, 2.05) is 0 Å². The van der Waals surface area contributed by atoms with Crippen molar-refractivity contribution in [2.24, 2.45) is 0 Å². The molecule has 28 heavy (non-hydrogen) atoms. The van der Waals surface area contributed by atoms with Crippen molar-refractivity contribution in [3.8, 4) is 0 Å². The molecule has 2 aromatic carbocycles. The third kappa shape index (κ3) is 3.85. The van der Waals surface area contributed by atoms with Gasteiger partial charge in [-0.1, -0.05) is 42.5 Å². The molecule has 3 N–H and O–H groups in total. The van der Waals surface area contributed by atoms with E-state index in [-0.39, 0.29) is 11.8 Å². The second kappa shape index (κ2) is 7.91. The molecule has 0 radical (unpaired) electrons. The van der Waals surface area contributed by atoms with Crippen molar-refractivity contribution in [1.29, 1.82) is 0 Å². The number of amides is 1. The minimum Gasteiger partial charge on any atom is -0.480 e. The Hall–Kier alpha value is -3.68. The Bertz CT molecular complexity index is 1130. The number of benzene rings is 2. The highest BCUT2D eigenvalue weighted by Crippen LogP contribution is 2.14. The van der Waals surface area contributed by atoms with Crippen LogP contribution in [0.3, 0.4) is 0 Å². The number of aliphatic carboxylic acids is 1. The molecule has 1 amide bonds. The van der Waals surface area contributed by atoms with Gasteiger partial charge in [0.05, 0.1) is 10.9 Å². The molecule has 0 saturated carbocycles. The van der Waals surface area contributed by atoms with Gasteiger partial charge in [-0.25, -0.2) is 9.36 Å². The van der Waals surface area contributed by atoms with Gasteiger partial charge in [0.15, 0.2) is 0 Å². The summed E-state index contributed by atoms with van der Waals surface area (Å²) in [7, 11) is 0. The smallest absolute Gasteiger partial charge is 0.329 e. The van der Waals surface area contributed by atoms with Crippen molar-refractivity contribution in [3.63, 3.8) is 0 Å². The van der Waals surface area contributed by atoms with E-state index in [4.69, 9.17) is 5.11 Å². The van der Waals surface area contributed by atoms with E-state index in [1.165, 1.54) is 6.92 Å². The number of nitrogens with zero attached hydrogens (tertiary/aromatic N) is 1. The van der Waals surface area contributed by atoms with Crippen LogP contribution in [0.5, 0.6) is 0 Å². The summed E-state index contributed by atoms with van der Waals surface area (Å²) in [5, 5.41) is 11.7. The van der Waals surface area contributed by atoms with Crippen molar-refractivity contribution >= 4 is 22.8 Å². The summed E-state index contributed by atoms with van der Waals surface area (Å²) in [6, 6.07) is 13.0. The molecule has 1 heterocycles. The summed E-state index contributed by atoms with van der Waals surface area (Å²) in [5.41, 5.74) is -0.252. The Morgan fingerprint density at radius 1 is 1.07 bits per heavy atom. The van der Waals surface area contributed by atoms with Gasteiger partial charge in [-0.15, -0.1) is 0 Å². The highest BCUT2D eigenvalue weighted by atomic mass is 16.4. The van der Waals surface area contributed by atoms with E-state index in [0.717, 1.165) is 10.1 Å². The molecule has 0 bridgehead atoms. The van der Waals surface area contributed by atoms with Crippen molar-refractivity contribution in [3.05, 3.63) is 81.0 Å². The van der Waals surface area contributed by atoms with Crippen LogP contribution in [0.4, 0.5) is 0 Å². The van der Waals surface area contributed by atoms with Crippen LogP contribution in [-0.4, -0.2) is 32.6 Å². The molecule has 0 aliphatic rings. The maximum Gasteiger partial charge on any atom is 0.329 e. The van der Waals surface area contributed by atoms with Crippen molar-refractivity contribution in [2.75, 3.05) is 0 Å². The number of aromatic nitrogens is 2. The fraction of sp³-hybridized carbons (Fsp3) is 0.200. The summed E-state index contributed by atoms with van der Waals surface area (Å²) < 4.78 is 0.846. The monoisotopic (exact) mass is 381 g/mol. The number of fused-ring (bicyclic) bond motifs is 1. The number of carbonyl (C=O) groups excluding carboxylic acids is 1. The summed E-state index contributed by atoms with van der Waals surface area (Å²) in [6.45, 7) is 1.31. The van der Waals surface area contributed by atoms with E-state index in [2.05, 4.69) is 10.3 Å². The van der Waals surface area contributed by atoms with Crippen LogP contribution in [0, 0.1) is 0 Å². The van der Waals surface area contributed by atoms with Crippen LogP contribution in [0.15, 0.2) is 64.2 Å². The average molecular weight is 381 g/mol. The third-order valence-electron chi connectivity index (χ3n) is 4.45. The number of para-hydroxylation sites is 1. The quantitative estimate of drug-likeness (QED) is 0.590. The van der Waals surface area contributed by atoms with Crippen LogP contribution in [0.25, 0.3) is 10.9 Å². The molecular formula is C20H19N3O5. The highest BCUT2D eigenvalue weighted by molar-refractivity contribution is 5.86. The van der Waals surface area contributed by atoms with E-state index >= 15 is 0 Å². The van der Waals surface area contributed by atoms with Gasteiger partial charge in [-0.2, -0.15) is 0 Å². The van der Waals surface area contributed by atoms with Gasteiger partial charge >= 0.3 is 11.7 Å². The Morgan fingerprint density at radius 2 is 1.71 bits per heavy atom. The molecular weight excluding hydrogens is 362 g/mol. The SMILES string of the molecule is C[C@H](NC(=O)[C@H](Cc1ccccc1)n1c(=O)[nH]c2ccccc2c1=O)C(=O)O. The number of carboxylic acids is 1. The zero-order chi connectivity index (χ0) is 20.3. The molecule has 1 aromatic heterocycles. The molecule has 0 spiro atoms. The lowest BCUT2D eigenvalue weighted by atomic mass is 10.0. The van der Waals surface area contributed by atoms with E-state index in [0.29, 0.717) is 5.52 Å². The summed E-state index contributed by atoms with van der Waals surface area (Å²) in [6.07, 6.45) is 0.0559. The van der Waals surface area contributed by atoms with Crippen LogP contribution in [0.1, 0.15) is 18.5 Å². The number of carboxylic acid groups (broad SMARTS) is 1. The van der Waals surface area contributed by atoms with Gasteiger partial charge in [-0.05, 0) is 24.6 Å². The predicted octanol–water partition coefficient (Wildman–Crippen LogP) is 1.06. The molecule has 3 aromatic rings. The molecule has 0 aliphatic carbocycles. The lowest BCUT2D eigenvalue weighted by Crippen LogP contribution is -2.48. The molecule has 3 rings (SSSR count).